The maximum atomic E-state index is 10.1. The zero-order valence-electron chi connectivity index (χ0n) is 18.3. The number of phenols is 1. The summed E-state index contributed by atoms with van der Waals surface area (Å²) in [6.45, 7) is 8.61. The number of phenolic OH excluding ortho intramolecular Hbond substituents is 1. The summed E-state index contributed by atoms with van der Waals surface area (Å²) in [5, 5.41) is 13.7. The maximum Gasteiger partial charge on any atom is 0.193 e. The van der Waals surface area contributed by atoms with Crippen molar-refractivity contribution in [1.82, 2.24) is 10.2 Å². The first kappa shape index (κ1) is 24.1. The van der Waals surface area contributed by atoms with Crippen molar-refractivity contribution in [3.8, 4) is 11.5 Å². The molecule has 1 heterocycles. The zero-order valence-corrected chi connectivity index (χ0v) is 20.6. The number of para-hydroxylation sites is 2. The average Bonchev–Trinajstić information content (AvgIpc) is 2.75. The first-order chi connectivity index (χ1) is 13.9. The number of piperazine rings is 1. The summed E-state index contributed by atoms with van der Waals surface area (Å²) in [4.78, 5) is 8.99. The van der Waals surface area contributed by atoms with Crippen LogP contribution < -0.4 is 15.0 Å². The van der Waals surface area contributed by atoms with Gasteiger partial charge in [-0.2, -0.15) is 0 Å². The normalized spacial score (nSPS) is 14.9. The highest BCUT2D eigenvalue weighted by Crippen LogP contribution is 2.28. The van der Waals surface area contributed by atoms with Crippen LogP contribution in [0, 0.1) is 0 Å². The van der Waals surface area contributed by atoms with Crippen molar-refractivity contribution in [2.75, 3.05) is 51.8 Å². The fraction of sp³-hybridized carbons (Fsp3) is 0.435. The Hall–Kier alpha value is -2.16. The van der Waals surface area contributed by atoms with Gasteiger partial charge in [-0.25, -0.2) is 0 Å². The van der Waals surface area contributed by atoms with Gasteiger partial charge in [-0.1, -0.05) is 38.1 Å². The van der Waals surface area contributed by atoms with E-state index in [1.54, 1.807) is 13.2 Å². The van der Waals surface area contributed by atoms with E-state index in [2.05, 4.69) is 46.1 Å². The summed E-state index contributed by atoms with van der Waals surface area (Å²) in [6.07, 6.45) is 0. The van der Waals surface area contributed by atoms with Crippen molar-refractivity contribution in [3.63, 3.8) is 0 Å². The van der Waals surface area contributed by atoms with Gasteiger partial charge in [0.25, 0.3) is 0 Å². The molecule has 1 fully saturated rings. The van der Waals surface area contributed by atoms with E-state index in [0.29, 0.717) is 5.75 Å². The quantitative estimate of drug-likeness (QED) is 0.355. The Balaban J connectivity index is 0.00000320. The third kappa shape index (κ3) is 5.71. The summed E-state index contributed by atoms with van der Waals surface area (Å²) >= 11 is 0. The number of anilines is 1. The van der Waals surface area contributed by atoms with E-state index in [4.69, 9.17) is 4.74 Å². The Morgan fingerprint density at radius 1 is 1.10 bits per heavy atom. The molecule has 0 saturated carbocycles. The molecule has 0 aliphatic carbocycles. The first-order valence-electron chi connectivity index (χ1n) is 10.1. The molecule has 0 aromatic heterocycles. The van der Waals surface area contributed by atoms with Gasteiger partial charge >= 0.3 is 0 Å². The van der Waals surface area contributed by atoms with Crippen LogP contribution in [0.4, 0.5) is 5.69 Å². The van der Waals surface area contributed by atoms with E-state index in [1.807, 2.05) is 37.4 Å². The number of aliphatic imine (C=N–C) groups is 1. The van der Waals surface area contributed by atoms with Crippen LogP contribution >= 0.6 is 24.0 Å². The lowest BCUT2D eigenvalue weighted by atomic mass is 9.84. The fourth-order valence-electron chi connectivity index (χ4n) is 3.67. The van der Waals surface area contributed by atoms with Gasteiger partial charge in [0.15, 0.2) is 5.96 Å². The molecule has 2 aromatic rings. The number of hydrogen-bond donors (Lipinski definition) is 2. The number of nitrogens with zero attached hydrogens (tertiary/aromatic N) is 3. The standard InChI is InChI=1S/C23H32N4O2.HI/c1-23(2,18-8-7-9-19(16-18)29-4)17-25-22(24-3)27-14-12-26(13-15-27)20-10-5-6-11-21(20)28;/h5-11,16,28H,12-15,17H2,1-4H3,(H,24,25);1H. The highest BCUT2D eigenvalue weighted by molar-refractivity contribution is 14.0. The van der Waals surface area contributed by atoms with Crippen molar-refractivity contribution in [2.45, 2.75) is 19.3 Å². The molecule has 0 radical (unpaired) electrons. The van der Waals surface area contributed by atoms with Crippen molar-refractivity contribution < 1.29 is 9.84 Å². The van der Waals surface area contributed by atoms with E-state index in [0.717, 1.165) is 50.1 Å². The molecule has 1 saturated heterocycles. The lowest BCUT2D eigenvalue weighted by molar-refractivity contribution is 0.364. The number of methoxy groups -OCH3 is 1. The van der Waals surface area contributed by atoms with Crippen LogP contribution in [0.2, 0.25) is 0 Å². The fourth-order valence-corrected chi connectivity index (χ4v) is 3.67. The van der Waals surface area contributed by atoms with Gasteiger partial charge in [0.2, 0.25) is 0 Å². The van der Waals surface area contributed by atoms with Crippen molar-refractivity contribution >= 4 is 35.6 Å². The number of nitrogens with one attached hydrogen (secondary N) is 1. The largest absolute Gasteiger partial charge is 0.506 e. The Kier molecular flexibility index (Phi) is 8.64. The van der Waals surface area contributed by atoms with E-state index in [-0.39, 0.29) is 29.4 Å². The SMILES string of the molecule is CN=C(NCC(C)(C)c1cccc(OC)c1)N1CCN(c2ccccc2O)CC1.I. The van der Waals surface area contributed by atoms with Crippen LogP contribution in [0.3, 0.4) is 0 Å². The molecule has 3 rings (SSSR count). The molecular weight excluding hydrogens is 491 g/mol. The van der Waals surface area contributed by atoms with E-state index in [1.165, 1.54) is 5.56 Å². The second-order valence-corrected chi connectivity index (χ2v) is 7.98. The minimum Gasteiger partial charge on any atom is -0.506 e. The molecule has 0 bridgehead atoms. The molecule has 2 N–H and O–H groups in total. The number of rotatable bonds is 5. The molecule has 0 amide bonds. The number of benzene rings is 2. The van der Waals surface area contributed by atoms with Crippen molar-refractivity contribution in [3.05, 3.63) is 54.1 Å². The second kappa shape index (κ2) is 10.7. The Morgan fingerprint density at radius 3 is 2.43 bits per heavy atom. The molecule has 6 nitrogen and oxygen atoms in total. The van der Waals surface area contributed by atoms with Crippen LogP contribution in [0.15, 0.2) is 53.5 Å². The molecule has 1 aliphatic rings. The predicted octanol–water partition coefficient (Wildman–Crippen LogP) is 3.69. The maximum absolute atomic E-state index is 10.1. The van der Waals surface area contributed by atoms with Crippen LogP contribution in [0.5, 0.6) is 11.5 Å². The minimum atomic E-state index is -0.0673. The lowest BCUT2D eigenvalue weighted by Crippen LogP contribution is -2.54. The molecule has 0 atom stereocenters. The van der Waals surface area contributed by atoms with Gasteiger partial charge in [-0.15, -0.1) is 24.0 Å². The van der Waals surface area contributed by atoms with Gasteiger partial charge < -0.3 is 25.0 Å². The molecule has 164 valence electrons. The minimum absolute atomic E-state index is 0. The highest BCUT2D eigenvalue weighted by atomic mass is 127. The zero-order chi connectivity index (χ0) is 20.9. The number of aromatic hydroxyl groups is 1. The smallest absolute Gasteiger partial charge is 0.193 e. The number of guanidine groups is 1. The molecule has 1 aliphatic heterocycles. The topological polar surface area (TPSA) is 60.3 Å². The van der Waals surface area contributed by atoms with Crippen molar-refractivity contribution in [1.29, 1.82) is 0 Å². The van der Waals surface area contributed by atoms with Crippen LogP contribution in [-0.2, 0) is 5.41 Å². The number of hydrogen-bond acceptors (Lipinski definition) is 4. The molecule has 30 heavy (non-hydrogen) atoms. The highest BCUT2D eigenvalue weighted by Gasteiger charge is 2.25. The van der Waals surface area contributed by atoms with Gasteiger partial charge in [0, 0.05) is 45.2 Å². The summed E-state index contributed by atoms with van der Waals surface area (Å²) in [5.74, 6) is 2.13. The average molecular weight is 524 g/mol. The van der Waals surface area contributed by atoms with Gasteiger partial charge in [0.05, 0.1) is 12.8 Å². The monoisotopic (exact) mass is 524 g/mol. The van der Waals surface area contributed by atoms with Crippen LogP contribution in [0.1, 0.15) is 19.4 Å². The molecule has 2 aromatic carbocycles. The van der Waals surface area contributed by atoms with Crippen LogP contribution in [0.25, 0.3) is 0 Å². The number of ether oxygens (including phenoxy) is 1. The van der Waals surface area contributed by atoms with Crippen LogP contribution in [-0.4, -0.2) is 62.8 Å². The summed E-state index contributed by atoms with van der Waals surface area (Å²) in [5.41, 5.74) is 2.06. The number of halogens is 1. The first-order valence-corrected chi connectivity index (χ1v) is 10.1. The van der Waals surface area contributed by atoms with Gasteiger partial charge in [0.1, 0.15) is 11.5 Å². The predicted molar refractivity (Wildman–Crippen MR) is 135 cm³/mol. The third-order valence-electron chi connectivity index (χ3n) is 5.55. The molecule has 0 spiro atoms. The molecular formula is C23H33IN4O2. The van der Waals surface area contributed by atoms with Crippen molar-refractivity contribution in [2.24, 2.45) is 4.99 Å². The van der Waals surface area contributed by atoms with E-state index < -0.39 is 0 Å². The Morgan fingerprint density at radius 2 is 1.80 bits per heavy atom. The molecule has 7 heteroatoms. The Labute approximate surface area is 197 Å². The summed E-state index contributed by atoms with van der Waals surface area (Å²) < 4.78 is 5.37. The molecule has 0 unspecified atom stereocenters. The Bertz CT molecular complexity index is 849. The van der Waals surface area contributed by atoms with E-state index in [9.17, 15) is 5.11 Å². The van der Waals surface area contributed by atoms with Gasteiger partial charge in [-0.3, -0.25) is 4.99 Å². The van der Waals surface area contributed by atoms with Gasteiger partial charge in [-0.05, 0) is 29.8 Å². The third-order valence-corrected chi connectivity index (χ3v) is 5.55. The second-order valence-electron chi connectivity index (χ2n) is 7.98. The summed E-state index contributed by atoms with van der Waals surface area (Å²) in [7, 11) is 3.53. The lowest BCUT2D eigenvalue weighted by Gasteiger charge is -2.38. The summed E-state index contributed by atoms with van der Waals surface area (Å²) in [6, 6.07) is 15.7. The van der Waals surface area contributed by atoms with E-state index >= 15 is 0 Å².